The molecule has 0 atom stereocenters. The summed E-state index contributed by atoms with van der Waals surface area (Å²) in [6.45, 7) is 1.14. The van der Waals surface area contributed by atoms with Gasteiger partial charge in [0.25, 0.3) is 5.91 Å². The van der Waals surface area contributed by atoms with Crippen molar-refractivity contribution >= 4 is 23.5 Å². The van der Waals surface area contributed by atoms with E-state index in [1.807, 2.05) is 79.8 Å². The lowest BCUT2D eigenvalue weighted by Crippen LogP contribution is -2.22. The van der Waals surface area contributed by atoms with E-state index >= 15 is 0 Å². The number of carbonyl (C=O) groups is 1. The minimum atomic E-state index is -0.259. The van der Waals surface area contributed by atoms with E-state index in [9.17, 15) is 4.79 Å². The van der Waals surface area contributed by atoms with Gasteiger partial charge >= 0.3 is 0 Å². The van der Waals surface area contributed by atoms with Crippen LogP contribution in [0.5, 0.6) is 0 Å². The van der Waals surface area contributed by atoms with Gasteiger partial charge in [-0.3, -0.25) is 9.78 Å². The number of anilines is 1. The largest absolute Gasteiger partial charge is 0.455 e. The minimum absolute atomic E-state index is 0.259. The Labute approximate surface area is 226 Å². The number of amides is 1. The van der Waals surface area contributed by atoms with Crippen molar-refractivity contribution in [2.24, 2.45) is 0 Å². The van der Waals surface area contributed by atoms with Crippen LogP contribution in [0.15, 0.2) is 113 Å². The molecule has 0 aliphatic rings. The van der Waals surface area contributed by atoms with E-state index in [4.69, 9.17) is 14.4 Å². The van der Waals surface area contributed by atoms with Crippen LogP contribution in [-0.2, 0) is 18.8 Å². The van der Waals surface area contributed by atoms with Gasteiger partial charge in [0.05, 0.1) is 11.4 Å². The van der Waals surface area contributed by atoms with E-state index < -0.39 is 0 Å². The Morgan fingerprint density at radius 1 is 0.895 bits per heavy atom. The van der Waals surface area contributed by atoms with Gasteiger partial charge in [0, 0.05) is 44.2 Å². The number of benzene rings is 2. The number of pyridine rings is 1. The van der Waals surface area contributed by atoms with Gasteiger partial charge in [-0.25, -0.2) is 9.97 Å². The molecule has 0 fully saturated rings. The lowest BCUT2D eigenvalue weighted by atomic mass is 10.1. The van der Waals surface area contributed by atoms with Crippen LogP contribution in [0.4, 0.5) is 5.82 Å². The molecular weight excluding hydrogens is 494 g/mol. The summed E-state index contributed by atoms with van der Waals surface area (Å²) < 4.78 is 5.82. The van der Waals surface area contributed by atoms with Gasteiger partial charge in [-0.2, -0.15) is 0 Å². The molecule has 7 nitrogen and oxygen atoms in total. The molecule has 0 bridgehead atoms. The van der Waals surface area contributed by atoms with Crippen molar-refractivity contribution in [1.29, 1.82) is 0 Å². The molecule has 0 saturated heterocycles. The molecule has 0 aliphatic heterocycles. The van der Waals surface area contributed by atoms with Crippen molar-refractivity contribution < 1.29 is 9.21 Å². The third kappa shape index (κ3) is 6.66. The molecule has 0 spiro atoms. The highest BCUT2D eigenvalue weighted by atomic mass is 32.2. The molecule has 5 rings (SSSR count). The minimum Gasteiger partial charge on any atom is -0.455 e. The Bertz CT molecular complexity index is 1480. The normalized spacial score (nSPS) is 10.8. The number of rotatable bonds is 10. The number of hydrogen-bond donors (Lipinski definition) is 1. The molecule has 190 valence electrons. The molecule has 1 amide bonds. The Hall–Kier alpha value is -4.43. The molecule has 0 aliphatic carbocycles. The van der Waals surface area contributed by atoms with Gasteiger partial charge in [0.1, 0.15) is 11.6 Å². The summed E-state index contributed by atoms with van der Waals surface area (Å²) in [6, 6.07) is 29.6. The Morgan fingerprint density at radius 2 is 1.63 bits per heavy atom. The average Bonchev–Trinajstić information content (AvgIpc) is 3.45. The predicted octanol–water partition coefficient (Wildman–Crippen LogP) is 5.99. The predicted molar refractivity (Wildman–Crippen MR) is 150 cm³/mol. The smallest absolute Gasteiger partial charge is 0.287 e. The van der Waals surface area contributed by atoms with E-state index in [2.05, 4.69) is 27.3 Å². The Balaban J connectivity index is 1.29. The van der Waals surface area contributed by atoms with Crippen molar-refractivity contribution in [2.45, 2.75) is 24.0 Å². The summed E-state index contributed by atoms with van der Waals surface area (Å²) in [5.41, 5.74) is 4.06. The van der Waals surface area contributed by atoms with E-state index in [0.717, 1.165) is 29.2 Å². The van der Waals surface area contributed by atoms with Crippen molar-refractivity contribution in [3.05, 3.63) is 126 Å². The molecule has 0 radical (unpaired) electrons. The fourth-order valence-corrected chi connectivity index (χ4v) is 4.60. The lowest BCUT2D eigenvalue weighted by molar-refractivity contribution is 0.0921. The molecule has 3 heterocycles. The monoisotopic (exact) mass is 521 g/mol. The van der Waals surface area contributed by atoms with Crippen LogP contribution in [0.25, 0.3) is 11.3 Å². The Kier molecular flexibility index (Phi) is 8.10. The molecular formula is C30H27N5O2S. The standard InChI is InChI=1S/C30H27N5O2S/c1-35(20-23-8-4-2-5-9-23)28-18-26(24-10-6-3-7-11-24)33-30(34-28)38-21-25-12-13-27(37-25)29(36)32-19-22-14-16-31-17-15-22/h2-18H,19-21H2,1H3,(H,32,36). The summed E-state index contributed by atoms with van der Waals surface area (Å²) in [4.78, 5) is 28.3. The topological polar surface area (TPSA) is 84.2 Å². The number of thioether (sulfide) groups is 1. The first-order chi connectivity index (χ1) is 18.6. The van der Waals surface area contributed by atoms with Crippen LogP contribution in [0, 0.1) is 0 Å². The summed E-state index contributed by atoms with van der Waals surface area (Å²) in [7, 11) is 2.03. The van der Waals surface area contributed by atoms with Crippen LogP contribution >= 0.6 is 11.8 Å². The Morgan fingerprint density at radius 3 is 2.39 bits per heavy atom. The molecule has 2 aromatic carbocycles. The zero-order valence-corrected chi connectivity index (χ0v) is 21.8. The summed E-state index contributed by atoms with van der Waals surface area (Å²) in [5, 5.41) is 3.51. The fraction of sp³-hybridized carbons (Fsp3) is 0.133. The van der Waals surface area contributed by atoms with E-state index in [1.165, 1.54) is 17.3 Å². The van der Waals surface area contributed by atoms with Gasteiger partial charge in [0.15, 0.2) is 10.9 Å². The molecule has 8 heteroatoms. The summed E-state index contributed by atoms with van der Waals surface area (Å²) in [6.07, 6.45) is 3.40. The van der Waals surface area contributed by atoms with Gasteiger partial charge in [0.2, 0.25) is 0 Å². The number of nitrogens with zero attached hydrogens (tertiary/aromatic N) is 4. The van der Waals surface area contributed by atoms with Gasteiger partial charge < -0.3 is 14.6 Å². The van der Waals surface area contributed by atoms with Crippen molar-refractivity contribution in [1.82, 2.24) is 20.3 Å². The number of aromatic nitrogens is 3. The number of hydrogen-bond acceptors (Lipinski definition) is 7. The second-order valence-corrected chi connectivity index (χ2v) is 9.64. The first-order valence-electron chi connectivity index (χ1n) is 12.2. The first-order valence-corrected chi connectivity index (χ1v) is 13.2. The number of nitrogens with one attached hydrogen (secondary N) is 1. The van der Waals surface area contributed by atoms with E-state index in [-0.39, 0.29) is 11.7 Å². The van der Waals surface area contributed by atoms with Gasteiger partial charge in [-0.05, 0) is 35.4 Å². The van der Waals surface area contributed by atoms with Crippen LogP contribution in [-0.4, -0.2) is 27.9 Å². The number of furan rings is 1. The van der Waals surface area contributed by atoms with Crippen molar-refractivity contribution in [3.8, 4) is 11.3 Å². The maximum absolute atomic E-state index is 12.5. The highest BCUT2D eigenvalue weighted by Gasteiger charge is 2.14. The molecule has 5 aromatic rings. The van der Waals surface area contributed by atoms with Crippen molar-refractivity contribution in [3.63, 3.8) is 0 Å². The second-order valence-electron chi connectivity index (χ2n) is 8.69. The molecule has 3 aromatic heterocycles. The quantitative estimate of drug-likeness (QED) is 0.178. The van der Waals surface area contributed by atoms with Crippen LogP contribution in [0.2, 0.25) is 0 Å². The zero-order chi connectivity index (χ0) is 26.2. The molecule has 1 N–H and O–H groups in total. The molecule has 38 heavy (non-hydrogen) atoms. The third-order valence-electron chi connectivity index (χ3n) is 5.85. The maximum Gasteiger partial charge on any atom is 0.287 e. The third-order valence-corrected chi connectivity index (χ3v) is 6.72. The van der Waals surface area contributed by atoms with Gasteiger partial charge in [-0.1, -0.05) is 72.4 Å². The fourth-order valence-electron chi connectivity index (χ4n) is 3.85. The van der Waals surface area contributed by atoms with Crippen LogP contribution in [0.1, 0.15) is 27.4 Å². The first kappa shape index (κ1) is 25.2. The van der Waals surface area contributed by atoms with Crippen LogP contribution in [0.3, 0.4) is 0 Å². The van der Waals surface area contributed by atoms with Crippen molar-refractivity contribution in [2.75, 3.05) is 11.9 Å². The molecule has 0 saturated carbocycles. The van der Waals surface area contributed by atoms with Gasteiger partial charge in [-0.15, -0.1) is 0 Å². The SMILES string of the molecule is CN(Cc1ccccc1)c1cc(-c2ccccc2)nc(SCc2ccc(C(=O)NCc3ccncc3)o2)n1. The summed E-state index contributed by atoms with van der Waals surface area (Å²) >= 11 is 1.47. The lowest BCUT2D eigenvalue weighted by Gasteiger charge is -2.19. The molecule has 0 unspecified atom stereocenters. The second kappa shape index (κ2) is 12.2. The highest BCUT2D eigenvalue weighted by molar-refractivity contribution is 7.98. The van der Waals surface area contributed by atoms with E-state index in [1.54, 1.807) is 18.5 Å². The maximum atomic E-state index is 12.5. The highest BCUT2D eigenvalue weighted by Crippen LogP contribution is 2.28. The van der Waals surface area contributed by atoms with Crippen LogP contribution < -0.4 is 10.2 Å². The van der Waals surface area contributed by atoms with E-state index in [0.29, 0.717) is 23.2 Å². The zero-order valence-electron chi connectivity index (χ0n) is 20.9. The average molecular weight is 522 g/mol. The summed E-state index contributed by atoms with van der Waals surface area (Å²) in [5.74, 6) is 2.03. The number of carbonyl (C=O) groups excluding carboxylic acids is 1.